The molecule has 3 rings (SSSR count). The number of pyridine rings is 1. The van der Waals surface area contributed by atoms with Crippen molar-refractivity contribution in [1.82, 2.24) is 0 Å². The number of thiocarbonyl (C=S) groups is 1. The molecule has 0 amide bonds. The minimum Gasteiger partial charge on any atom is -0.502 e. The molecule has 1 aromatic heterocycles. The molecule has 0 fully saturated rings. The highest BCUT2D eigenvalue weighted by Gasteiger charge is 2.25. The van der Waals surface area contributed by atoms with Crippen molar-refractivity contribution < 1.29 is 19.1 Å². The number of hydrogen-bond donors (Lipinski definition) is 2. The molecule has 0 saturated carbocycles. The van der Waals surface area contributed by atoms with Gasteiger partial charge >= 0.3 is 0 Å². The average Bonchev–Trinajstić information content (AvgIpc) is 2.81. The van der Waals surface area contributed by atoms with Gasteiger partial charge in [-0.15, -0.1) is 0 Å². The first kappa shape index (κ1) is 24.1. The van der Waals surface area contributed by atoms with Crippen LogP contribution in [0, 0.1) is 13.8 Å². The highest BCUT2D eigenvalue weighted by atomic mass is 32.1. The Morgan fingerprint density at radius 1 is 0.909 bits per heavy atom. The summed E-state index contributed by atoms with van der Waals surface area (Å²) in [7, 11) is 7.08. The fourth-order valence-electron chi connectivity index (χ4n) is 3.34. The van der Waals surface area contributed by atoms with Crippen LogP contribution in [-0.2, 0) is 0 Å². The number of aryl methyl sites for hydroxylation is 2. The summed E-state index contributed by atoms with van der Waals surface area (Å²) in [5.74, 6) is 1.11. The number of nitrogens with zero attached hydrogens (tertiary/aromatic N) is 2. The Morgan fingerprint density at radius 3 is 2.15 bits per heavy atom. The Hall–Kier alpha value is -3.58. The van der Waals surface area contributed by atoms with E-state index in [-0.39, 0.29) is 5.76 Å². The van der Waals surface area contributed by atoms with E-state index in [1.54, 1.807) is 37.0 Å². The fourth-order valence-corrected chi connectivity index (χ4v) is 3.66. The third-order valence-electron chi connectivity index (χ3n) is 5.45. The van der Waals surface area contributed by atoms with Crippen molar-refractivity contribution >= 4 is 40.0 Å². The Bertz CT molecular complexity index is 1190. The SMILES string of the molecule is COc1ccc(C(O)=C(C(=S)Nc2ccc(C)c(C)c2)[n+]2ccc(N(C)C)cc2)cc1OC. The minimum atomic E-state index is 0.0138. The largest absolute Gasteiger partial charge is 0.502 e. The highest BCUT2D eigenvalue weighted by molar-refractivity contribution is 7.81. The number of ether oxygens (including phenoxy) is 2. The molecule has 172 valence electrons. The monoisotopic (exact) mass is 464 g/mol. The van der Waals surface area contributed by atoms with E-state index in [9.17, 15) is 5.11 Å². The zero-order valence-electron chi connectivity index (χ0n) is 19.8. The predicted molar refractivity (Wildman–Crippen MR) is 138 cm³/mol. The summed E-state index contributed by atoms with van der Waals surface area (Å²) in [6.45, 7) is 4.12. The van der Waals surface area contributed by atoms with E-state index in [4.69, 9.17) is 21.7 Å². The van der Waals surface area contributed by atoms with Crippen LogP contribution in [0.1, 0.15) is 16.7 Å². The number of anilines is 2. The van der Waals surface area contributed by atoms with Crippen LogP contribution in [0.25, 0.3) is 11.5 Å². The van der Waals surface area contributed by atoms with Crippen LogP contribution >= 0.6 is 12.2 Å². The standard InChI is InChI=1S/C26H29N3O3S/c1-17-7-9-20(15-18(17)2)27-26(33)24(29-13-11-21(12-14-29)28(3)4)25(30)19-8-10-22(31-5)23(16-19)32-6/h7-16H,1-6H3,(H-,27,30,33)/p+1. The topological polar surface area (TPSA) is 57.8 Å². The Kier molecular flexibility index (Phi) is 7.55. The molecule has 0 unspecified atom stereocenters. The first-order valence-electron chi connectivity index (χ1n) is 10.5. The van der Waals surface area contributed by atoms with Crippen molar-refractivity contribution in [3.8, 4) is 11.5 Å². The number of hydrogen-bond acceptors (Lipinski definition) is 5. The van der Waals surface area contributed by atoms with Crippen LogP contribution < -0.4 is 24.3 Å². The number of nitrogens with one attached hydrogen (secondary N) is 1. The van der Waals surface area contributed by atoms with E-state index < -0.39 is 0 Å². The van der Waals surface area contributed by atoms with Gasteiger partial charge in [-0.3, -0.25) is 0 Å². The lowest BCUT2D eigenvalue weighted by Gasteiger charge is -2.14. The molecule has 0 saturated heterocycles. The van der Waals surface area contributed by atoms with Gasteiger partial charge < -0.3 is 24.8 Å². The van der Waals surface area contributed by atoms with Crippen LogP contribution in [0.4, 0.5) is 11.4 Å². The fraction of sp³-hybridized carbons (Fsp3) is 0.231. The Balaban J connectivity index is 2.11. The molecule has 33 heavy (non-hydrogen) atoms. The second kappa shape index (κ2) is 10.4. The number of rotatable bonds is 7. The molecular weight excluding hydrogens is 434 g/mol. The van der Waals surface area contributed by atoms with Crippen LogP contribution in [0.5, 0.6) is 11.5 Å². The molecule has 0 atom stereocenters. The summed E-state index contributed by atoms with van der Waals surface area (Å²) in [5, 5.41) is 14.6. The summed E-state index contributed by atoms with van der Waals surface area (Å²) in [6.07, 6.45) is 3.74. The maximum atomic E-state index is 11.4. The van der Waals surface area contributed by atoms with Crippen LogP contribution in [0.2, 0.25) is 0 Å². The van der Waals surface area contributed by atoms with Gasteiger partial charge in [0, 0.05) is 43.2 Å². The smallest absolute Gasteiger partial charge is 0.288 e. The molecule has 0 bridgehead atoms. The van der Waals surface area contributed by atoms with Crippen molar-refractivity contribution in [3.05, 3.63) is 77.6 Å². The van der Waals surface area contributed by atoms with E-state index in [0.29, 0.717) is 27.7 Å². The quantitative estimate of drug-likeness (QED) is 0.222. The van der Waals surface area contributed by atoms with Crippen molar-refractivity contribution in [2.24, 2.45) is 0 Å². The third kappa shape index (κ3) is 5.43. The van der Waals surface area contributed by atoms with Gasteiger partial charge in [0.05, 0.1) is 14.2 Å². The molecule has 2 N–H and O–H groups in total. The Labute approximate surface area is 200 Å². The molecule has 0 spiro atoms. The van der Waals surface area contributed by atoms with Gasteiger partial charge in [0.15, 0.2) is 34.6 Å². The summed E-state index contributed by atoms with van der Waals surface area (Å²) in [4.78, 5) is 2.39. The number of methoxy groups -OCH3 is 2. The maximum Gasteiger partial charge on any atom is 0.288 e. The van der Waals surface area contributed by atoms with E-state index in [0.717, 1.165) is 16.9 Å². The zero-order valence-corrected chi connectivity index (χ0v) is 20.7. The number of aliphatic hydroxyl groups is 1. The molecule has 2 aromatic carbocycles. The zero-order chi connectivity index (χ0) is 24.1. The minimum absolute atomic E-state index is 0.0138. The lowest BCUT2D eigenvalue weighted by molar-refractivity contribution is -0.575. The molecule has 3 aromatic rings. The van der Waals surface area contributed by atoms with Gasteiger partial charge in [0.2, 0.25) is 0 Å². The average molecular weight is 465 g/mol. The van der Waals surface area contributed by atoms with Crippen LogP contribution in [-0.4, -0.2) is 38.4 Å². The first-order chi connectivity index (χ1) is 15.7. The van der Waals surface area contributed by atoms with Gasteiger partial charge in [-0.05, 0) is 55.3 Å². The molecule has 0 aliphatic carbocycles. The Morgan fingerprint density at radius 2 is 1.58 bits per heavy atom. The number of aromatic nitrogens is 1. The van der Waals surface area contributed by atoms with Gasteiger partial charge in [0.25, 0.3) is 5.70 Å². The van der Waals surface area contributed by atoms with Crippen LogP contribution in [0.3, 0.4) is 0 Å². The molecule has 0 aliphatic rings. The lowest BCUT2D eigenvalue weighted by Crippen LogP contribution is -2.38. The number of aliphatic hydroxyl groups excluding tert-OH is 1. The number of benzene rings is 2. The van der Waals surface area contributed by atoms with E-state index in [1.807, 2.05) is 61.7 Å². The maximum absolute atomic E-state index is 11.4. The van der Waals surface area contributed by atoms with Crippen molar-refractivity contribution in [1.29, 1.82) is 0 Å². The molecule has 7 heteroatoms. The predicted octanol–water partition coefficient (Wildman–Crippen LogP) is 5.00. The summed E-state index contributed by atoms with van der Waals surface area (Å²) < 4.78 is 12.5. The van der Waals surface area contributed by atoms with Gasteiger partial charge in [-0.1, -0.05) is 18.3 Å². The summed E-state index contributed by atoms with van der Waals surface area (Å²) in [6, 6.07) is 15.2. The summed E-state index contributed by atoms with van der Waals surface area (Å²) in [5.41, 5.74) is 5.23. The summed E-state index contributed by atoms with van der Waals surface area (Å²) >= 11 is 5.77. The van der Waals surface area contributed by atoms with Crippen molar-refractivity contribution in [2.45, 2.75) is 13.8 Å². The second-order valence-electron chi connectivity index (χ2n) is 7.88. The molecule has 0 radical (unpaired) electrons. The van der Waals surface area contributed by atoms with E-state index in [2.05, 4.69) is 19.2 Å². The van der Waals surface area contributed by atoms with Gasteiger partial charge in [-0.25, -0.2) is 0 Å². The molecular formula is C26H30N3O3S+. The molecule has 1 heterocycles. The van der Waals surface area contributed by atoms with Crippen molar-refractivity contribution in [2.75, 3.05) is 38.5 Å². The third-order valence-corrected chi connectivity index (χ3v) is 5.74. The van der Waals surface area contributed by atoms with Crippen LogP contribution in [0.15, 0.2) is 60.9 Å². The molecule has 6 nitrogen and oxygen atoms in total. The van der Waals surface area contributed by atoms with Gasteiger partial charge in [-0.2, -0.15) is 4.57 Å². The first-order valence-corrected chi connectivity index (χ1v) is 10.9. The second-order valence-corrected chi connectivity index (χ2v) is 8.29. The van der Waals surface area contributed by atoms with Crippen molar-refractivity contribution in [3.63, 3.8) is 0 Å². The molecule has 0 aliphatic heterocycles. The van der Waals surface area contributed by atoms with E-state index >= 15 is 0 Å². The normalized spacial score (nSPS) is 11.5. The van der Waals surface area contributed by atoms with Gasteiger partial charge in [0.1, 0.15) is 0 Å². The van der Waals surface area contributed by atoms with E-state index in [1.165, 1.54) is 5.56 Å². The lowest BCUT2D eigenvalue weighted by atomic mass is 10.1. The highest BCUT2D eigenvalue weighted by Crippen LogP contribution is 2.31.